The van der Waals surface area contributed by atoms with Crippen molar-refractivity contribution in [1.29, 1.82) is 0 Å². The fourth-order valence-electron chi connectivity index (χ4n) is 1.66. The summed E-state index contributed by atoms with van der Waals surface area (Å²) < 4.78 is 10.5. The number of ether oxygens (including phenoxy) is 2. The van der Waals surface area contributed by atoms with E-state index < -0.39 is 0 Å². The van der Waals surface area contributed by atoms with Gasteiger partial charge < -0.3 is 9.47 Å². The van der Waals surface area contributed by atoms with E-state index in [4.69, 9.17) is 9.47 Å². The van der Waals surface area contributed by atoms with Gasteiger partial charge in [0.05, 0.1) is 18.7 Å². The number of thiazole rings is 1. The summed E-state index contributed by atoms with van der Waals surface area (Å²) in [6.07, 6.45) is 2.96. The third-order valence-electron chi connectivity index (χ3n) is 2.54. The first-order chi connectivity index (χ1) is 7.75. The van der Waals surface area contributed by atoms with Gasteiger partial charge in [-0.15, -0.1) is 11.3 Å². The number of aromatic nitrogens is 1. The SMILES string of the molecule is CC1COC(C(=O)OCCc2cncs2)C1. The predicted octanol–water partition coefficient (Wildman–Crippen LogP) is 1.65. The van der Waals surface area contributed by atoms with E-state index in [-0.39, 0.29) is 12.1 Å². The topological polar surface area (TPSA) is 48.4 Å². The van der Waals surface area contributed by atoms with Crippen LogP contribution in [0.4, 0.5) is 0 Å². The molecule has 1 aromatic rings. The lowest BCUT2D eigenvalue weighted by Gasteiger charge is -2.08. The van der Waals surface area contributed by atoms with Crippen molar-refractivity contribution in [2.24, 2.45) is 5.92 Å². The number of esters is 1. The average molecular weight is 241 g/mol. The summed E-state index contributed by atoms with van der Waals surface area (Å²) in [5, 5.41) is 0. The maximum atomic E-state index is 11.6. The van der Waals surface area contributed by atoms with Gasteiger partial charge in [0.1, 0.15) is 0 Å². The van der Waals surface area contributed by atoms with Gasteiger partial charge in [-0.25, -0.2) is 4.79 Å². The van der Waals surface area contributed by atoms with Crippen molar-refractivity contribution in [2.75, 3.05) is 13.2 Å². The summed E-state index contributed by atoms with van der Waals surface area (Å²) >= 11 is 1.57. The van der Waals surface area contributed by atoms with Crippen molar-refractivity contribution < 1.29 is 14.3 Å². The van der Waals surface area contributed by atoms with Crippen molar-refractivity contribution in [3.05, 3.63) is 16.6 Å². The molecule has 16 heavy (non-hydrogen) atoms. The molecule has 1 aromatic heterocycles. The van der Waals surface area contributed by atoms with E-state index in [0.29, 0.717) is 19.1 Å². The van der Waals surface area contributed by atoms with Crippen LogP contribution in [0, 0.1) is 5.92 Å². The molecule has 5 heteroatoms. The van der Waals surface area contributed by atoms with E-state index in [2.05, 4.69) is 11.9 Å². The molecular weight excluding hydrogens is 226 g/mol. The summed E-state index contributed by atoms with van der Waals surface area (Å²) in [4.78, 5) is 16.7. The molecule has 2 unspecified atom stereocenters. The lowest BCUT2D eigenvalue weighted by Crippen LogP contribution is -2.23. The molecule has 2 rings (SSSR count). The predicted molar refractivity (Wildman–Crippen MR) is 60.3 cm³/mol. The standard InChI is InChI=1S/C11H15NO3S/c1-8-4-10(15-6-8)11(13)14-3-2-9-5-12-7-16-9/h5,7-8,10H,2-4,6H2,1H3. The van der Waals surface area contributed by atoms with Crippen LogP contribution in [0.15, 0.2) is 11.7 Å². The van der Waals surface area contributed by atoms with Gasteiger partial charge in [-0.1, -0.05) is 6.92 Å². The van der Waals surface area contributed by atoms with Gasteiger partial charge in [0.2, 0.25) is 0 Å². The number of hydrogen-bond acceptors (Lipinski definition) is 5. The zero-order valence-corrected chi connectivity index (χ0v) is 10.0. The molecule has 0 radical (unpaired) electrons. The molecule has 0 aromatic carbocycles. The number of nitrogens with zero attached hydrogens (tertiary/aromatic N) is 1. The highest BCUT2D eigenvalue weighted by Gasteiger charge is 2.29. The van der Waals surface area contributed by atoms with Crippen LogP contribution in [-0.4, -0.2) is 30.3 Å². The molecule has 88 valence electrons. The number of hydrogen-bond donors (Lipinski definition) is 0. The monoisotopic (exact) mass is 241 g/mol. The van der Waals surface area contributed by atoms with Crippen molar-refractivity contribution >= 4 is 17.3 Å². The van der Waals surface area contributed by atoms with Gasteiger partial charge in [0.15, 0.2) is 6.10 Å². The Bertz CT molecular complexity index is 339. The summed E-state index contributed by atoms with van der Waals surface area (Å²) in [5.74, 6) is 0.230. The fourth-order valence-corrected chi connectivity index (χ4v) is 2.24. The van der Waals surface area contributed by atoms with E-state index in [9.17, 15) is 4.79 Å². The molecule has 2 heterocycles. The Morgan fingerprint density at radius 3 is 3.25 bits per heavy atom. The Kier molecular flexibility index (Phi) is 3.90. The van der Waals surface area contributed by atoms with Crippen molar-refractivity contribution in [2.45, 2.75) is 25.9 Å². The van der Waals surface area contributed by atoms with Crippen molar-refractivity contribution in [3.63, 3.8) is 0 Å². The molecule has 1 saturated heterocycles. The Hall–Kier alpha value is -0.940. The molecule has 0 bridgehead atoms. The van der Waals surface area contributed by atoms with Crippen LogP contribution in [0.3, 0.4) is 0 Å². The Balaban J connectivity index is 1.68. The molecule has 0 amide bonds. The number of rotatable bonds is 4. The third kappa shape index (κ3) is 3.02. The second kappa shape index (κ2) is 5.41. The summed E-state index contributed by atoms with van der Waals surface area (Å²) in [5.41, 5.74) is 1.78. The highest BCUT2D eigenvalue weighted by Crippen LogP contribution is 2.19. The molecule has 1 aliphatic heterocycles. The van der Waals surface area contributed by atoms with Crippen LogP contribution >= 0.6 is 11.3 Å². The molecule has 0 spiro atoms. The second-order valence-corrected chi connectivity index (χ2v) is 5.02. The largest absolute Gasteiger partial charge is 0.463 e. The minimum Gasteiger partial charge on any atom is -0.463 e. The quantitative estimate of drug-likeness (QED) is 0.752. The van der Waals surface area contributed by atoms with Gasteiger partial charge in [-0.2, -0.15) is 0 Å². The van der Waals surface area contributed by atoms with Gasteiger partial charge in [0, 0.05) is 17.5 Å². The minimum absolute atomic E-state index is 0.228. The van der Waals surface area contributed by atoms with E-state index in [1.807, 2.05) is 0 Å². The lowest BCUT2D eigenvalue weighted by atomic mass is 10.1. The van der Waals surface area contributed by atoms with E-state index in [0.717, 1.165) is 17.7 Å². The van der Waals surface area contributed by atoms with Gasteiger partial charge >= 0.3 is 5.97 Å². The fraction of sp³-hybridized carbons (Fsp3) is 0.636. The molecule has 4 nitrogen and oxygen atoms in total. The maximum absolute atomic E-state index is 11.6. The zero-order valence-electron chi connectivity index (χ0n) is 9.22. The second-order valence-electron chi connectivity index (χ2n) is 4.05. The highest BCUT2D eigenvalue weighted by molar-refractivity contribution is 7.09. The first-order valence-electron chi connectivity index (χ1n) is 5.41. The number of carbonyl (C=O) groups excluding carboxylic acids is 1. The normalized spacial score (nSPS) is 24.6. The third-order valence-corrected chi connectivity index (χ3v) is 3.38. The Labute approximate surface area is 98.6 Å². The molecule has 1 fully saturated rings. The van der Waals surface area contributed by atoms with E-state index in [1.54, 1.807) is 23.0 Å². The molecular formula is C11H15NO3S. The first-order valence-corrected chi connectivity index (χ1v) is 6.29. The van der Waals surface area contributed by atoms with Crippen LogP contribution in [0.25, 0.3) is 0 Å². The maximum Gasteiger partial charge on any atom is 0.335 e. The summed E-state index contributed by atoms with van der Waals surface area (Å²) in [7, 11) is 0. The van der Waals surface area contributed by atoms with Crippen molar-refractivity contribution in [3.8, 4) is 0 Å². The van der Waals surface area contributed by atoms with Crippen LogP contribution in [-0.2, 0) is 20.7 Å². The lowest BCUT2D eigenvalue weighted by molar-refractivity contribution is -0.154. The summed E-state index contributed by atoms with van der Waals surface area (Å²) in [6, 6.07) is 0. The van der Waals surface area contributed by atoms with Gasteiger partial charge in [-0.3, -0.25) is 4.98 Å². The van der Waals surface area contributed by atoms with Gasteiger partial charge in [-0.05, 0) is 12.3 Å². The van der Waals surface area contributed by atoms with E-state index in [1.165, 1.54) is 0 Å². The first kappa shape index (κ1) is 11.5. The zero-order chi connectivity index (χ0) is 11.4. The van der Waals surface area contributed by atoms with Gasteiger partial charge in [0.25, 0.3) is 0 Å². The molecule has 0 N–H and O–H groups in total. The van der Waals surface area contributed by atoms with Crippen LogP contribution in [0.2, 0.25) is 0 Å². The van der Waals surface area contributed by atoms with Crippen LogP contribution in [0.5, 0.6) is 0 Å². The van der Waals surface area contributed by atoms with Crippen LogP contribution < -0.4 is 0 Å². The molecule has 2 atom stereocenters. The van der Waals surface area contributed by atoms with E-state index >= 15 is 0 Å². The number of carbonyl (C=O) groups is 1. The smallest absolute Gasteiger partial charge is 0.335 e. The summed E-state index contributed by atoms with van der Waals surface area (Å²) in [6.45, 7) is 3.15. The van der Waals surface area contributed by atoms with Crippen molar-refractivity contribution in [1.82, 2.24) is 4.98 Å². The Morgan fingerprint density at radius 2 is 2.62 bits per heavy atom. The highest BCUT2D eigenvalue weighted by atomic mass is 32.1. The molecule has 0 saturated carbocycles. The Morgan fingerprint density at radius 1 is 1.75 bits per heavy atom. The van der Waals surface area contributed by atoms with Crippen LogP contribution in [0.1, 0.15) is 18.2 Å². The average Bonchev–Trinajstić information content (AvgIpc) is 2.89. The minimum atomic E-state index is -0.350. The molecule has 1 aliphatic rings. The molecule has 0 aliphatic carbocycles.